The lowest BCUT2D eigenvalue weighted by molar-refractivity contribution is -0.118. The molecule has 2 aliphatic heterocycles. The van der Waals surface area contributed by atoms with Gasteiger partial charge in [0.05, 0.1) is 0 Å². The molecule has 2 aromatic carbocycles. The fourth-order valence-corrected chi connectivity index (χ4v) is 6.58. The van der Waals surface area contributed by atoms with Crippen LogP contribution >= 0.6 is 8.58 Å². The number of para-hydroxylation sites is 1. The monoisotopic (exact) mass is 638 g/mol. The standard InChI is InChI=1S/C16H25N2OP.C15H24N2.C6H14N2/c1-13(2)11-14-5-4-6-15(20-3)16(14)18-9-7-17(12-19)8-10-18;1-12(2)17-10-9-14(11-17)13-5-7-15(8-6-13)16(3)4;1-6(7)4-5-8(2)3/h4-6,12-13,20H,7-11H2,1-3H3;5-8,12,14H,9-11H2,1-4H3;1,4-5,7H2,2-3H3. The second-order valence-electron chi connectivity index (χ2n) is 13.6. The van der Waals surface area contributed by atoms with Crippen molar-refractivity contribution in [3.8, 4) is 0 Å². The zero-order chi connectivity index (χ0) is 33.5. The van der Waals surface area contributed by atoms with Gasteiger partial charge in [0.25, 0.3) is 0 Å². The SMILES string of the molecule is C=C(N)CCN(C)C.CC(C)N1CCC(c2ccc(N(C)C)cc2)C1.CPc1cccc(CC(C)C)c1N1CCN(C=O)CC1. The molecule has 2 atom stereocenters. The van der Waals surface area contributed by atoms with Gasteiger partial charge < -0.3 is 30.2 Å². The van der Waals surface area contributed by atoms with Crippen LogP contribution in [0.25, 0.3) is 0 Å². The third-order valence-corrected chi connectivity index (χ3v) is 9.45. The summed E-state index contributed by atoms with van der Waals surface area (Å²) < 4.78 is 0. The van der Waals surface area contributed by atoms with Gasteiger partial charge in [-0.2, -0.15) is 0 Å². The van der Waals surface area contributed by atoms with Crippen molar-refractivity contribution in [3.63, 3.8) is 0 Å². The molecule has 2 aliphatic rings. The van der Waals surface area contributed by atoms with Crippen molar-refractivity contribution in [2.24, 2.45) is 11.7 Å². The van der Waals surface area contributed by atoms with E-state index in [-0.39, 0.29) is 0 Å². The van der Waals surface area contributed by atoms with Gasteiger partial charge in [-0.05, 0) is 101 Å². The first-order valence-electron chi connectivity index (χ1n) is 16.7. The van der Waals surface area contributed by atoms with E-state index in [0.29, 0.717) is 12.0 Å². The molecule has 7 nitrogen and oxygen atoms in total. The fraction of sp³-hybridized carbons (Fsp3) is 0.595. The summed E-state index contributed by atoms with van der Waals surface area (Å²) in [5.41, 5.74) is 11.8. The summed E-state index contributed by atoms with van der Waals surface area (Å²) in [6, 6.07) is 16.4. The minimum absolute atomic E-state index is 0.667. The van der Waals surface area contributed by atoms with Crippen molar-refractivity contribution in [3.05, 3.63) is 65.9 Å². The first-order valence-corrected chi connectivity index (χ1v) is 18.2. The predicted octanol–water partition coefficient (Wildman–Crippen LogP) is 5.46. The molecule has 0 spiro atoms. The summed E-state index contributed by atoms with van der Waals surface area (Å²) in [6.45, 7) is 22.0. The summed E-state index contributed by atoms with van der Waals surface area (Å²) in [5, 5.41) is 1.46. The highest BCUT2D eigenvalue weighted by Gasteiger charge is 2.25. The van der Waals surface area contributed by atoms with E-state index in [9.17, 15) is 4.79 Å². The van der Waals surface area contributed by atoms with E-state index in [2.05, 4.69) is 117 Å². The smallest absolute Gasteiger partial charge is 0.209 e. The molecule has 1 amide bonds. The average molecular weight is 639 g/mol. The number of piperazine rings is 1. The molecule has 0 bridgehead atoms. The van der Waals surface area contributed by atoms with E-state index < -0.39 is 0 Å². The van der Waals surface area contributed by atoms with Gasteiger partial charge >= 0.3 is 0 Å². The number of benzene rings is 2. The molecule has 0 aromatic heterocycles. The molecule has 0 radical (unpaired) electrons. The molecular weight excluding hydrogens is 575 g/mol. The second-order valence-corrected chi connectivity index (χ2v) is 14.6. The number of carbonyl (C=O) groups is 1. The lowest BCUT2D eigenvalue weighted by Gasteiger charge is -2.36. The maximum absolute atomic E-state index is 10.8. The van der Waals surface area contributed by atoms with Crippen LogP contribution in [-0.4, -0.2) is 108 Å². The molecule has 2 fully saturated rings. The number of rotatable bonds is 11. The summed E-state index contributed by atoms with van der Waals surface area (Å²) in [6.07, 6.45) is 4.30. The van der Waals surface area contributed by atoms with Crippen LogP contribution in [0.3, 0.4) is 0 Å². The maximum atomic E-state index is 10.8. The zero-order valence-electron chi connectivity index (χ0n) is 29.9. The second kappa shape index (κ2) is 19.8. The molecule has 2 unspecified atom stereocenters. The van der Waals surface area contributed by atoms with E-state index in [1.807, 2.05) is 19.0 Å². The molecular formula is C37H63N6OP. The lowest BCUT2D eigenvalue weighted by Crippen LogP contribution is -2.47. The van der Waals surface area contributed by atoms with Gasteiger partial charge in [0, 0.05) is 76.5 Å². The first-order chi connectivity index (χ1) is 21.4. The molecule has 2 saturated heterocycles. The molecule has 2 aromatic rings. The number of hydrogen-bond donors (Lipinski definition) is 1. The Morgan fingerprint density at radius 3 is 2.09 bits per heavy atom. The number of amides is 1. The van der Waals surface area contributed by atoms with Crippen molar-refractivity contribution in [1.29, 1.82) is 0 Å². The third kappa shape index (κ3) is 13.3. The van der Waals surface area contributed by atoms with E-state index in [4.69, 9.17) is 5.73 Å². The topological polar surface area (TPSA) is 59.3 Å². The summed E-state index contributed by atoms with van der Waals surface area (Å²) >= 11 is 0. The first kappa shape index (κ1) is 38.6. The van der Waals surface area contributed by atoms with Crippen molar-refractivity contribution < 1.29 is 4.79 Å². The van der Waals surface area contributed by atoms with Crippen LogP contribution in [0.15, 0.2) is 54.7 Å². The minimum Gasteiger partial charge on any atom is -0.402 e. The Morgan fingerprint density at radius 2 is 1.64 bits per heavy atom. The number of hydrogen-bond acceptors (Lipinski definition) is 6. The Morgan fingerprint density at radius 1 is 1.00 bits per heavy atom. The fourth-order valence-electron chi connectivity index (χ4n) is 5.76. The maximum Gasteiger partial charge on any atom is 0.209 e. The number of likely N-dealkylation sites (tertiary alicyclic amines) is 1. The molecule has 4 rings (SSSR count). The van der Waals surface area contributed by atoms with Crippen molar-refractivity contribution in [2.75, 3.05) is 90.5 Å². The Kier molecular flexibility index (Phi) is 17.0. The van der Waals surface area contributed by atoms with E-state index in [0.717, 1.165) is 72.2 Å². The largest absolute Gasteiger partial charge is 0.402 e. The number of anilines is 2. The Labute approximate surface area is 277 Å². The van der Waals surface area contributed by atoms with Crippen molar-refractivity contribution >= 4 is 31.7 Å². The van der Waals surface area contributed by atoms with Gasteiger partial charge in [-0.3, -0.25) is 4.79 Å². The lowest BCUT2D eigenvalue weighted by atomic mass is 9.98. The highest BCUT2D eigenvalue weighted by molar-refractivity contribution is 7.46. The molecule has 45 heavy (non-hydrogen) atoms. The van der Waals surface area contributed by atoms with E-state index >= 15 is 0 Å². The highest BCUT2D eigenvalue weighted by Crippen LogP contribution is 2.29. The Balaban J connectivity index is 0.000000256. The van der Waals surface area contributed by atoms with Crippen LogP contribution in [0.1, 0.15) is 57.6 Å². The predicted molar refractivity (Wildman–Crippen MR) is 200 cm³/mol. The Hall–Kier alpha value is -2.60. The highest BCUT2D eigenvalue weighted by atomic mass is 31.1. The number of nitrogens with zero attached hydrogens (tertiary/aromatic N) is 5. The van der Waals surface area contributed by atoms with Crippen LogP contribution in [0.2, 0.25) is 0 Å². The number of nitrogens with two attached hydrogens (primary N) is 1. The summed E-state index contributed by atoms with van der Waals surface area (Å²) in [5.74, 6) is 1.40. The van der Waals surface area contributed by atoms with Gasteiger partial charge in [0.2, 0.25) is 6.41 Å². The number of carbonyl (C=O) groups excluding carboxylic acids is 1. The van der Waals surface area contributed by atoms with Crippen LogP contribution in [0.5, 0.6) is 0 Å². The van der Waals surface area contributed by atoms with Crippen molar-refractivity contribution in [2.45, 2.75) is 58.9 Å². The van der Waals surface area contributed by atoms with Gasteiger partial charge in [0.15, 0.2) is 0 Å². The zero-order valence-corrected chi connectivity index (χ0v) is 30.9. The third-order valence-electron chi connectivity index (χ3n) is 8.51. The van der Waals surface area contributed by atoms with Crippen LogP contribution in [-0.2, 0) is 11.2 Å². The molecule has 0 saturated carbocycles. The van der Waals surface area contributed by atoms with Gasteiger partial charge in [0.1, 0.15) is 0 Å². The Bertz CT molecular complexity index is 1140. The molecule has 2 N–H and O–H groups in total. The van der Waals surface area contributed by atoms with Crippen LogP contribution < -0.4 is 20.8 Å². The quantitative estimate of drug-likeness (QED) is 0.261. The molecule has 252 valence electrons. The molecule has 8 heteroatoms. The van der Waals surface area contributed by atoms with Crippen LogP contribution in [0, 0.1) is 5.92 Å². The minimum atomic E-state index is 0.667. The molecule has 0 aliphatic carbocycles. The van der Waals surface area contributed by atoms with Gasteiger partial charge in [-0.1, -0.05) is 59.3 Å². The summed E-state index contributed by atoms with van der Waals surface area (Å²) in [7, 11) is 9.03. The normalized spacial score (nSPS) is 17.0. The van der Waals surface area contributed by atoms with Gasteiger partial charge in [-0.25, -0.2) is 0 Å². The van der Waals surface area contributed by atoms with Gasteiger partial charge in [-0.15, -0.1) is 0 Å². The van der Waals surface area contributed by atoms with Crippen LogP contribution in [0.4, 0.5) is 11.4 Å². The summed E-state index contributed by atoms with van der Waals surface area (Å²) in [4.78, 5) is 22.0. The van der Waals surface area contributed by atoms with E-state index in [1.54, 1.807) is 0 Å². The van der Waals surface area contributed by atoms with Crippen molar-refractivity contribution in [1.82, 2.24) is 14.7 Å². The van der Waals surface area contributed by atoms with E-state index in [1.165, 1.54) is 47.3 Å². The molecule has 2 heterocycles. The average Bonchev–Trinajstić information content (AvgIpc) is 3.51.